The van der Waals surface area contributed by atoms with Crippen molar-refractivity contribution in [1.29, 1.82) is 0 Å². The number of benzene rings is 2. The molecule has 0 saturated carbocycles. The van der Waals surface area contributed by atoms with Gasteiger partial charge in [0.1, 0.15) is 0 Å². The Balaban J connectivity index is 1.97. The van der Waals surface area contributed by atoms with E-state index in [0.29, 0.717) is 23.3 Å². The third-order valence-electron chi connectivity index (χ3n) is 4.73. The summed E-state index contributed by atoms with van der Waals surface area (Å²) in [5, 5.41) is 0. The van der Waals surface area contributed by atoms with Crippen molar-refractivity contribution in [2.24, 2.45) is 11.8 Å². The third kappa shape index (κ3) is 2.93. The Morgan fingerprint density at radius 3 is 2.17 bits per heavy atom. The third-order valence-corrected chi connectivity index (χ3v) is 6.59. The molecule has 0 amide bonds. The lowest BCUT2D eigenvalue weighted by Gasteiger charge is -2.49. The molecule has 2 aromatic carbocycles. The van der Waals surface area contributed by atoms with Crippen molar-refractivity contribution in [2.45, 2.75) is 31.7 Å². The molecule has 122 valence electrons. The van der Waals surface area contributed by atoms with Crippen molar-refractivity contribution in [3.8, 4) is 0 Å². The Kier molecular flexibility index (Phi) is 4.30. The maximum absolute atomic E-state index is 13.0. The minimum Gasteiger partial charge on any atom is -0.207 e. The molecule has 1 aliphatic heterocycles. The molecule has 2 aromatic rings. The minimum absolute atomic E-state index is 0.0671. The minimum atomic E-state index is -3.45. The van der Waals surface area contributed by atoms with Crippen LogP contribution in [0.1, 0.15) is 31.0 Å². The zero-order valence-corrected chi connectivity index (χ0v) is 14.6. The van der Waals surface area contributed by atoms with Crippen molar-refractivity contribution in [3.63, 3.8) is 0 Å². The lowest BCUT2D eigenvalue weighted by molar-refractivity contribution is 0.0634. The summed E-state index contributed by atoms with van der Waals surface area (Å²) in [5.41, 5.74) is 2.14. The van der Waals surface area contributed by atoms with Gasteiger partial charge in [0.15, 0.2) is 0 Å². The van der Waals surface area contributed by atoms with E-state index in [0.717, 1.165) is 11.1 Å². The molecule has 4 heteroatoms. The molecule has 1 fully saturated rings. The largest absolute Gasteiger partial charge is 0.243 e. The van der Waals surface area contributed by atoms with Crippen LogP contribution in [0.5, 0.6) is 0 Å². The average molecular weight is 329 g/mol. The summed E-state index contributed by atoms with van der Waals surface area (Å²) in [6.45, 7) is 6.88. The van der Waals surface area contributed by atoms with E-state index in [-0.39, 0.29) is 6.04 Å². The Morgan fingerprint density at radius 1 is 1.00 bits per heavy atom. The Bertz CT molecular complexity index is 767. The number of rotatable bonds is 4. The Morgan fingerprint density at radius 2 is 1.61 bits per heavy atom. The quantitative estimate of drug-likeness (QED) is 0.850. The number of hydrogen-bond donors (Lipinski definition) is 0. The van der Waals surface area contributed by atoms with Crippen molar-refractivity contribution in [2.75, 3.05) is 6.54 Å². The highest BCUT2D eigenvalue weighted by Gasteiger charge is 2.47. The van der Waals surface area contributed by atoms with Crippen LogP contribution in [0.4, 0.5) is 0 Å². The number of nitrogens with zero attached hydrogens (tertiary/aromatic N) is 1. The predicted molar refractivity (Wildman–Crippen MR) is 92.6 cm³/mol. The van der Waals surface area contributed by atoms with E-state index < -0.39 is 10.0 Å². The van der Waals surface area contributed by atoms with Crippen LogP contribution < -0.4 is 0 Å². The fourth-order valence-electron chi connectivity index (χ4n) is 3.23. The smallest absolute Gasteiger partial charge is 0.207 e. The van der Waals surface area contributed by atoms with Gasteiger partial charge in [-0.25, -0.2) is 8.42 Å². The molecule has 1 heterocycles. The zero-order valence-electron chi connectivity index (χ0n) is 13.8. The second kappa shape index (κ2) is 6.10. The summed E-state index contributed by atoms with van der Waals surface area (Å²) >= 11 is 0. The van der Waals surface area contributed by atoms with Gasteiger partial charge in [0.25, 0.3) is 0 Å². The van der Waals surface area contributed by atoms with Crippen LogP contribution in [-0.2, 0) is 10.0 Å². The van der Waals surface area contributed by atoms with Crippen LogP contribution in [0.3, 0.4) is 0 Å². The summed E-state index contributed by atoms with van der Waals surface area (Å²) in [5.74, 6) is 0.808. The molecule has 0 unspecified atom stereocenters. The van der Waals surface area contributed by atoms with Gasteiger partial charge in [0.05, 0.1) is 10.9 Å². The Labute approximate surface area is 139 Å². The van der Waals surface area contributed by atoms with Gasteiger partial charge in [0, 0.05) is 6.54 Å². The van der Waals surface area contributed by atoms with Gasteiger partial charge in [0.2, 0.25) is 10.0 Å². The van der Waals surface area contributed by atoms with Gasteiger partial charge < -0.3 is 0 Å². The monoisotopic (exact) mass is 329 g/mol. The maximum atomic E-state index is 13.0. The second-order valence-electron chi connectivity index (χ2n) is 6.65. The molecule has 0 radical (unpaired) electrons. The summed E-state index contributed by atoms with van der Waals surface area (Å²) in [6, 6.07) is 17.0. The first-order chi connectivity index (χ1) is 10.9. The highest BCUT2D eigenvalue weighted by atomic mass is 32.2. The lowest BCUT2D eigenvalue weighted by atomic mass is 9.78. The summed E-state index contributed by atoms with van der Waals surface area (Å²) in [7, 11) is -3.45. The standard InChI is InChI=1S/C19H23NO2S/c1-14(2)18-13-20(19(18)16-7-5-4-6-8-16)23(21,22)17-11-9-15(3)10-12-17/h4-12,14,18-19H,13H2,1-3H3/t18-,19-/m1/s1. The SMILES string of the molecule is Cc1ccc(S(=O)(=O)N2C[C@H](C(C)C)[C@H]2c2ccccc2)cc1. The fraction of sp³-hybridized carbons (Fsp3) is 0.368. The van der Waals surface area contributed by atoms with Crippen molar-refractivity contribution in [1.82, 2.24) is 4.31 Å². The van der Waals surface area contributed by atoms with E-state index in [2.05, 4.69) is 13.8 Å². The summed E-state index contributed by atoms with van der Waals surface area (Å²) in [6.07, 6.45) is 0. The van der Waals surface area contributed by atoms with Crippen molar-refractivity contribution >= 4 is 10.0 Å². The van der Waals surface area contributed by atoms with Gasteiger partial charge >= 0.3 is 0 Å². The van der Waals surface area contributed by atoms with Crippen LogP contribution >= 0.6 is 0 Å². The number of hydrogen-bond acceptors (Lipinski definition) is 2. The van der Waals surface area contributed by atoms with Crippen molar-refractivity contribution < 1.29 is 8.42 Å². The van der Waals surface area contributed by atoms with E-state index >= 15 is 0 Å². The molecule has 2 atom stereocenters. The van der Waals surface area contributed by atoms with Gasteiger partial charge in [-0.05, 0) is 36.5 Å². The van der Waals surface area contributed by atoms with Crippen molar-refractivity contribution in [3.05, 3.63) is 65.7 Å². The molecule has 1 aliphatic rings. The van der Waals surface area contributed by atoms with E-state index in [1.165, 1.54) is 0 Å². The van der Waals surface area contributed by atoms with E-state index in [1.54, 1.807) is 16.4 Å². The van der Waals surface area contributed by atoms with Gasteiger partial charge in [-0.3, -0.25) is 0 Å². The molecule has 23 heavy (non-hydrogen) atoms. The molecule has 0 bridgehead atoms. The zero-order chi connectivity index (χ0) is 16.6. The van der Waals surface area contributed by atoms with E-state index in [9.17, 15) is 8.42 Å². The summed E-state index contributed by atoms with van der Waals surface area (Å²) < 4.78 is 27.7. The first-order valence-electron chi connectivity index (χ1n) is 8.04. The van der Waals surface area contributed by atoms with Crippen LogP contribution in [0.25, 0.3) is 0 Å². The molecule has 0 spiro atoms. The van der Waals surface area contributed by atoms with Crippen LogP contribution in [0.15, 0.2) is 59.5 Å². The van der Waals surface area contributed by atoms with Gasteiger partial charge in [-0.1, -0.05) is 61.9 Å². The van der Waals surface area contributed by atoms with Gasteiger partial charge in [-0.15, -0.1) is 0 Å². The molecule has 0 aromatic heterocycles. The highest BCUT2D eigenvalue weighted by molar-refractivity contribution is 7.89. The first-order valence-corrected chi connectivity index (χ1v) is 9.48. The molecule has 3 nitrogen and oxygen atoms in total. The maximum Gasteiger partial charge on any atom is 0.243 e. The van der Waals surface area contributed by atoms with Crippen LogP contribution in [0, 0.1) is 18.8 Å². The topological polar surface area (TPSA) is 37.4 Å². The molecular formula is C19H23NO2S. The van der Waals surface area contributed by atoms with Crippen LogP contribution in [0.2, 0.25) is 0 Å². The summed E-state index contributed by atoms with van der Waals surface area (Å²) in [4.78, 5) is 0.381. The highest BCUT2D eigenvalue weighted by Crippen LogP contribution is 2.45. The normalized spacial score (nSPS) is 22.1. The van der Waals surface area contributed by atoms with Gasteiger partial charge in [-0.2, -0.15) is 4.31 Å². The average Bonchev–Trinajstić information content (AvgIpc) is 2.47. The lowest BCUT2D eigenvalue weighted by Crippen LogP contribution is -2.54. The molecule has 3 rings (SSSR count). The van der Waals surface area contributed by atoms with Crippen LogP contribution in [-0.4, -0.2) is 19.3 Å². The molecule has 0 aliphatic carbocycles. The second-order valence-corrected chi connectivity index (χ2v) is 8.54. The van der Waals surface area contributed by atoms with E-state index in [1.807, 2.05) is 49.4 Å². The van der Waals surface area contributed by atoms with E-state index in [4.69, 9.17) is 0 Å². The molecule has 1 saturated heterocycles. The molecule has 0 N–H and O–H groups in total. The molecular weight excluding hydrogens is 306 g/mol. The predicted octanol–water partition coefficient (Wildman–Crippen LogP) is 4.01. The first kappa shape index (κ1) is 16.2. The Hall–Kier alpha value is -1.65. The fourth-order valence-corrected chi connectivity index (χ4v) is 4.93. The number of sulfonamides is 1. The number of aryl methyl sites for hydroxylation is 1.